The van der Waals surface area contributed by atoms with E-state index >= 15 is 0 Å². The number of hydrogen-bond acceptors (Lipinski definition) is 3. The topological polar surface area (TPSA) is 60.0 Å². The molecule has 0 aromatic carbocycles. The molecule has 15 heavy (non-hydrogen) atoms. The maximum absolute atomic E-state index is 11.9. The zero-order valence-electron chi connectivity index (χ0n) is 9.98. The lowest BCUT2D eigenvalue weighted by Gasteiger charge is -2.16. The van der Waals surface area contributed by atoms with Crippen molar-refractivity contribution in [1.29, 1.82) is 0 Å². The van der Waals surface area contributed by atoms with Crippen LogP contribution in [0.5, 0.6) is 0 Å². The molecule has 86 valence electrons. The van der Waals surface area contributed by atoms with Gasteiger partial charge in [-0.05, 0) is 34.6 Å². The number of nitrogens with zero attached hydrogens (tertiary/aromatic N) is 3. The number of aliphatic hydroxyl groups is 1. The van der Waals surface area contributed by atoms with E-state index in [2.05, 4.69) is 5.10 Å². The van der Waals surface area contributed by atoms with Gasteiger partial charge in [0.05, 0.1) is 5.54 Å². The molecule has 0 amide bonds. The molecule has 0 aliphatic rings. The van der Waals surface area contributed by atoms with Gasteiger partial charge in [0.15, 0.2) is 5.82 Å². The molecule has 0 aliphatic carbocycles. The van der Waals surface area contributed by atoms with Crippen LogP contribution in [0.3, 0.4) is 0 Å². The van der Waals surface area contributed by atoms with Gasteiger partial charge in [-0.3, -0.25) is 4.57 Å². The highest BCUT2D eigenvalue weighted by atomic mass is 16.3. The Labute approximate surface area is 89.3 Å². The van der Waals surface area contributed by atoms with Gasteiger partial charge in [0.2, 0.25) is 0 Å². The minimum absolute atomic E-state index is 0.166. The summed E-state index contributed by atoms with van der Waals surface area (Å²) >= 11 is 0. The molecule has 0 bridgehead atoms. The molecule has 1 unspecified atom stereocenters. The highest BCUT2D eigenvalue weighted by molar-refractivity contribution is 4.93. The van der Waals surface area contributed by atoms with Crippen LogP contribution >= 0.6 is 0 Å². The van der Waals surface area contributed by atoms with Crippen molar-refractivity contribution in [2.45, 2.75) is 52.8 Å². The van der Waals surface area contributed by atoms with Crippen LogP contribution in [-0.2, 0) is 12.1 Å². The van der Waals surface area contributed by atoms with Crippen molar-refractivity contribution in [3.8, 4) is 0 Å². The largest absolute Gasteiger partial charge is 0.385 e. The van der Waals surface area contributed by atoms with Crippen LogP contribution in [0, 0.1) is 0 Å². The molecule has 1 rings (SSSR count). The van der Waals surface area contributed by atoms with Crippen molar-refractivity contribution >= 4 is 0 Å². The quantitative estimate of drug-likeness (QED) is 0.793. The molecule has 1 atom stereocenters. The van der Waals surface area contributed by atoms with Gasteiger partial charge in [-0.1, -0.05) is 0 Å². The van der Waals surface area contributed by atoms with Crippen molar-refractivity contribution in [3.63, 3.8) is 0 Å². The monoisotopic (exact) mass is 213 g/mol. The predicted octanol–water partition coefficient (Wildman–Crippen LogP) is 0.873. The summed E-state index contributed by atoms with van der Waals surface area (Å²) in [6.45, 7) is 9.73. The van der Waals surface area contributed by atoms with Crippen molar-refractivity contribution < 1.29 is 5.11 Å². The first kappa shape index (κ1) is 12.0. The molecule has 0 spiro atoms. The van der Waals surface area contributed by atoms with Crippen molar-refractivity contribution in [2.75, 3.05) is 0 Å². The van der Waals surface area contributed by atoms with Crippen LogP contribution in [-0.4, -0.2) is 19.5 Å². The second-order valence-corrected chi connectivity index (χ2v) is 4.64. The first-order chi connectivity index (χ1) is 6.79. The number of hydrogen-bond donors (Lipinski definition) is 1. The van der Waals surface area contributed by atoms with E-state index in [9.17, 15) is 9.90 Å². The first-order valence-electron chi connectivity index (χ1n) is 5.17. The molecule has 5 nitrogen and oxygen atoms in total. The van der Waals surface area contributed by atoms with E-state index in [4.69, 9.17) is 0 Å². The van der Waals surface area contributed by atoms with Crippen LogP contribution in [0.15, 0.2) is 4.79 Å². The lowest BCUT2D eigenvalue weighted by Crippen LogP contribution is -2.35. The van der Waals surface area contributed by atoms with Crippen molar-refractivity contribution in [2.24, 2.45) is 0 Å². The van der Waals surface area contributed by atoms with Gasteiger partial charge in [0.25, 0.3) is 0 Å². The zero-order chi connectivity index (χ0) is 11.8. The van der Waals surface area contributed by atoms with Gasteiger partial charge in [-0.15, -0.1) is 0 Å². The van der Waals surface area contributed by atoms with Crippen LogP contribution in [0.4, 0.5) is 0 Å². The van der Waals surface area contributed by atoms with E-state index in [1.54, 1.807) is 6.92 Å². The average Bonchev–Trinajstić information content (AvgIpc) is 2.41. The van der Waals surface area contributed by atoms with E-state index < -0.39 is 6.10 Å². The molecule has 0 saturated heterocycles. The molecule has 1 aromatic heterocycles. The van der Waals surface area contributed by atoms with E-state index in [1.807, 2.05) is 27.7 Å². The smallest absolute Gasteiger partial charge is 0.346 e. The first-order valence-corrected chi connectivity index (χ1v) is 5.17. The van der Waals surface area contributed by atoms with Crippen LogP contribution in [0.2, 0.25) is 0 Å². The Morgan fingerprint density at radius 2 is 2.00 bits per heavy atom. The van der Waals surface area contributed by atoms with Gasteiger partial charge in [0, 0.05) is 6.54 Å². The highest BCUT2D eigenvalue weighted by Crippen LogP contribution is 2.13. The molecule has 0 radical (unpaired) electrons. The maximum atomic E-state index is 11.9. The molecule has 1 N–H and O–H groups in total. The minimum Gasteiger partial charge on any atom is -0.385 e. The van der Waals surface area contributed by atoms with E-state index in [-0.39, 0.29) is 11.2 Å². The summed E-state index contributed by atoms with van der Waals surface area (Å²) < 4.78 is 2.91. The third-order valence-electron chi connectivity index (χ3n) is 2.22. The summed E-state index contributed by atoms with van der Waals surface area (Å²) in [4.78, 5) is 11.9. The zero-order valence-corrected chi connectivity index (χ0v) is 9.98. The fourth-order valence-electron chi connectivity index (χ4n) is 1.45. The van der Waals surface area contributed by atoms with Crippen molar-refractivity contribution in [1.82, 2.24) is 14.3 Å². The molecule has 0 fully saturated rings. The molecule has 5 heteroatoms. The van der Waals surface area contributed by atoms with Gasteiger partial charge in [-0.25, -0.2) is 9.48 Å². The van der Waals surface area contributed by atoms with Crippen LogP contribution < -0.4 is 5.69 Å². The lowest BCUT2D eigenvalue weighted by molar-refractivity contribution is 0.181. The Morgan fingerprint density at radius 1 is 1.47 bits per heavy atom. The summed E-state index contributed by atoms with van der Waals surface area (Å²) in [5, 5.41) is 13.7. The van der Waals surface area contributed by atoms with E-state index in [0.717, 1.165) is 0 Å². The summed E-state index contributed by atoms with van der Waals surface area (Å²) in [5.74, 6) is 0.428. The molecular weight excluding hydrogens is 194 g/mol. The number of aliphatic hydroxyl groups excluding tert-OH is 1. The fraction of sp³-hybridized carbons (Fsp3) is 0.800. The Hall–Kier alpha value is -1.10. The third-order valence-corrected chi connectivity index (χ3v) is 2.22. The molecular formula is C10H19N3O2. The van der Waals surface area contributed by atoms with Crippen LogP contribution in [0.25, 0.3) is 0 Å². The summed E-state index contributed by atoms with van der Waals surface area (Å²) in [6.07, 6.45) is -0.721. The predicted molar refractivity (Wildman–Crippen MR) is 57.8 cm³/mol. The molecule has 0 aliphatic heterocycles. The second-order valence-electron chi connectivity index (χ2n) is 4.64. The van der Waals surface area contributed by atoms with Gasteiger partial charge < -0.3 is 5.11 Å². The average molecular weight is 213 g/mol. The van der Waals surface area contributed by atoms with Gasteiger partial charge in [-0.2, -0.15) is 5.10 Å². The third kappa shape index (κ3) is 2.12. The molecule has 1 aromatic rings. The summed E-state index contributed by atoms with van der Waals surface area (Å²) in [7, 11) is 0. The summed E-state index contributed by atoms with van der Waals surface area (Å²) in [6, 6.07) is 0. The van der Waals surface area contributed by atoms with Gasteiger partial charge in [0.1, 0.15) is 6.10 Å². The lowest BCUT2D eigenvalue weighted by atomic mass is 10.1. The van der Waals surface area contributed by atoms with Crippen molar-refractivity contribution in [3.05, 3.63) is 16.3 Å². The standard InChI is InChI=1S/C10H19N3O2/c1-6-12-8(7(2)14)11-13(9(12)15)10(3,4)5/h7,14H,6H2,1-5H3. The fourth-order valence-corrected chi connectivity index (χ4v) is 1.45. The number of aromatic nitrogens is 3. The Kier molecular flexibility index (Phi) is 3.04. The Morgan fingerprint density at radius 3 is 2.27 bits per heavy atom. The number of rotatable bonds is 2. The van der Waals surface area contributed by atoms with E-state index in [0.29, 0.717) is 12.4 Å². The van der Waals surface area contributed by atoms with E-state index in [1.165, 1.54) is 9.25 Å². The maximum Gasteiger partial charge on any atom is 0.346 e. The summed E-state index contributed by atoms with van der Waals surface area (Å²) in [5.41, 5.74) is -0.526. The Bertz CT molecular complexity index is 396. The molecule has 1 heterocycles. The molecule has 0 saturated carbocycles. The normalized spacial score (nSPS) is 14.3. The van der Waals surface area contributed by atoms with Crippen LogP contribution in [0.1, 0.15) is 46.5 Å². The van der Waals surface area contributed by atoms with Gasteiger partial charge >= 0.3 is 5.69 Å². The Balaban J connectivity index is 3.41. The minimum atomic E-state index is -0.721. The SMILES string of the molecule is CCn1c(C(C)O)nn(C(C)(C)C)c1=O. The second kappa shape index (κ2) is 3.81. The highest BCUT2D eigenvalue weighted by Gasteiger charge is 2.23.